The van der Waals surface area contributed by atoms with Crippen molar-refractivity contribution in [2.24, 2.45) is 0 Å². The van der Waals surface area contributed by atoms with Crippen molar-refractivity contribution in [1.29, 1.82) is 0 Å². The van der Waals surface area contributed by atoms with Crippen molar-refractivity contribution in [3.8, 4) is 11.5 Å². The molecule has 1 fully saturated rings. The highest BCUT2D eigenvalue weighted by molar-refractivity contribution is 6.11. The number of benzene rings is 1. The molecule has 8 heteroatoms. The number of ether oxygens (including phenoxy) is 2. The number of carbonyl (C=O) groups is 3. The Bertz CT molecular complexity index is 1030. The summed E-state index contributed by atoms with van der Waals surface area (Å²) in [7, 11) is 3.02. The van der Waals surface area contributed by atoms with E-state index in [0.29, 0.717) is 22.6 Å². The summed E-state index contributed by atoms with van der Waals surface area (Å²) in [6, 6.07) is 6.21. The number of hydrogen-bond acceptors (Lipinski definition) is 5. The van der Waals surface area contributed by atoms with Gasteiger partial charge in [-0.15, -0.1) is 0 Å². The molecule has 8 nitrogen and oxygen atoms in total. The number of amides is 3. The fourth-order valence-electron chi connectivity index (χ4n) is 3.98. The largest absolute Gasteiger partial charge is 0.493 e. The van der Waals surface area contributed by atoms with Gasteiger partial charge in [0, 0.05) is 23.5 Å². The number of aryl methyl sites for hydroxylation is 1. The molecule has 0 radical (unpaired) electrons. The Morgan fingerprint density at radius 3 is 2.33 bits per heavy atom. The van der Waals surface area contributed by atoms with E-state index in [0.717, 1.165) is 22.8 Å². The molecule has 1 N–H and O–H groups in total. The number of hydrogen-bond donors (Lipinski definition) is 1. The van der Waals surface area contributed by atoms with Crippen molar-refractivity contribution in [3.63, 3.8) is 0 Å². The van der Waals surface area contributed by atoms with E-state index in [4.69, 9.17) is 9.47 Å². The van der Waals surface area contributed by atoms with Crippen LogP contribution < -0.4 is 14.8 Å². The number of nitrogens with zero attached hydrogens (tertiary/aromatic N) is 2. The van der Waals surface area contributed by atoms with Crippen LogP contribution in [0.2, 0.25) is 0 Å². The van der Waals surface area contributed by atoms with Gasteiger partial charge in [-0.1, -0.05) is 6.07 Å². The lowest BCUT2D eigenvalue weighted by atomic mass is 9.91. The molecule has 1 aliphatic heterocycles. The van der Waals surface area contributed by atoms with E-state index < -0.39 is 17.5 Å². The Morgan fingerprint density at radius 1 is 1.10 bits per heavy atom. The van der Waals surface area contributed by atoms with Gasteiger partial charge in [0.15, 0.2) is 17.3 Å². The fourth-order valence-corrected chi connectivity index (χ4v) is 3.98. The van der Waals surface area contributed by atoms with Gasteiger partial charge < -0.3 is 19.4 Å². The molecule has 160 valence electrons. The molecule has 2 aromatic rings. The molecule has 30 heavy (non-hydrogen) atoms. The second-order valence-electron chi connectivity index (χ2n) is 7.47. The van der Waals surface area contributed by atoms with E-state index >= 15 is 0 Å². The molecule has 0 unspecified atom stereocenters. The number of Topliss-reactive ketones (excluding diaryl/α,β-unsaturated/α-hetero) is 1. The second-order valence-corrected chi connectivity index (χ2v) is 7.47. The van der Waals surface area contributed by atoms with E-state index in [2.05, 4.69) is 5.32 Å². The van der Waals surface area contributed by atoms with Crippen LogP contribution in [0.15, 0.2) is 24.3 Å². The maximum atomic E-state index is 13.2. The number of imide groups is 1. The molecule has 1 atom stereocenters. The summed E-state index contributed by atoms with van der Waals surface area (Å²) >= 11 is 0. The average molecular weight is 413 g/mol. The lowest BCUT2D eigenvalue weighted by Crippen LogP contribution is -2.41. The van der Waals surface area contributed by atoms with Crippen LogP contribution in [0.25, 0.3) is 0 Å². The highest BCUT2D eigenvalue weighted by atomic mass is 16.5. The summed E-state index contributed by atoms with van der Waals surface area (Å²) in [6.45, 7) is 7.83. The SMILES string of the molecule is CCn1c(C)cc(C(=O)CN2C(=O)N[C@@](C)(c3ccc(OC)c(OC)c3)C2=O)c1C. The first-order valence-corrected chi connectivity index (χ1v) is 9.74. The summed E-state index contributed by atoms with van der Waals surface area (Å²) in [5.74, 6) is 0.194. The molecule has 3 rings (SSSR count). The molecule has 1 aromatic heterocycles. The van der Waals surface area contributed by atoms with Crippen LogP contribution in [0.5, 0.6) is 11.5 Å². The summed E-state index contributed by atoms with van der Waals surface area (Å²) < 4.78 is 12.6. The first-order chi connectivity index (χ1) is 14.2. The maximum absolute atomic E-state index is 13.2. The number of aromatic nitrogens is 1. The van der Waals surface area contributed by atoms with Crippen LogP contribution in [-0.4, -0.2) is 48.0 Å². The highest BCUT2D eigenvalue weighted by Gasteiger charge is 2.49. The molecule has 0 bridgehead atoms. The van der Waals surface area contributed by atoms with Gasteiger partial charge in [-0.3, -0.25) is 14.5 Å². The smallest absolute Gasteiger partial charge is 0.325 e. The van der Waals surface area contributed by atoms with Crippen LogP contribution >= 0.6 is 0 Å². The van der Waals surface area contributed by atoms with Gasteiger partial charge in [-0.2, -0.15) is 0 Å². The van der Waals surface area contributed by atoms with Gasteiger partial charge in [0.05, 0.1) is 20.8 Å². The third-order valence-electron chi connectivity index (χ3n) is 5.73. The summed E-state index contributed by atoms with van der Waals surface area (Å²) in [4.78, 5) is 39.7. The minimum atomic E-state index is -1.31. The zero-order valence-electron chi connectivity index (χ0n) is 18.2. The Morgan fingerprint density at radius 2 is 1.77 bits per heavy atom. The Kier molecular flexibility index (Phi) is 5.61. The second kappa shape index (κ2) is 7.85. The molecule has 3 amide bonds. The normalized spacial score (nSPS) is 18.5. The van der Waals surface area contributed by atoms with Gasteiger partial charge in [-0.25, -0.2) is 4.79 Å². The Hall–Kier alpha value is -3.29. The molecule has 2 heterocycles. The van der Waals surface area contributed by atoms with E-state index in [1.165, 1.54) is 14.2 Å². The van der Waals surface area contributed by atoms with Gasteiger partial charge in [0.2, 0.25) is 0 Å². The molecule has 1 aromatic carbocycles. The molecule has 0 aliphatic carbocycles. The first-order valence-electron chi connectivity index (χ1n) is 9.74. The zero-order chi connectivity index (χ0) is 22.2. The van der Waals surface area contributed by atoms with E-state index in [1.807, 2.05) is 25.3 Å². The van der Waals surface area contributed by atoms with Gasteiger partial charge >= 0.3 is 6.03 Å². The van der Waals surface area contributed by atoms with Crippen molar-refractivity contribution in [3.05, 3.63) is 46.8 Å². The van der Waals surface area contributed by atoms with Crippen molar-refractivity contribution < 1.29 is 23.9 Å². The monoisotopic (exact) mass is 413 g/mol. The minimum absolute atomic E-state index is 0.275. The molecular weight excluding hydrogens is 386 g/mol. The van der Waals surface area contributed by atoms with E-state index in [9.17, 15) is 14.4 Å². The van der Waals surface area contributed by atoms with Crippen molar-refractivity contribution in [2.75, 3.05) is 20.8 Å². The minimum Gasteiger partial charge on any atom is -0.493 e. The lowest BCUT2D eigenvalue weighted by Gasteiger charge is -2.23. The molecular formula is C22H27N3O5. The lowest BCUT2D eigenvalue weighted by molar-refractivity contribution is -0.130. The first kappa shape index (κ1) is 21.4. The van der Waals surface area contributed by atoms with Crippen LogP contribution in [0.4, 0.5) is 4.79 Å². The quantitative estimate of drug-likeness (QED) is 0.557. The topological polar surface area (TPSA) is 89.9 Å². The molecule has 1 saturated heterocycles. The number of rotatable bonds is 7. The number of urea groups is 1. The van der Waals surface area contributed by atoms with Gasteiger partial charge in [0.25, 0.3) is 5.91 Å². The van der Waals surface area contributed by atoms with Gasteiger partial charge in [0.1, 0.15) is 5.54 Å². The van der Waals surface area contributed by atoms with Crippen molar-refractivity contribution in [2.45, 2.75) is 39.8 Å². The standard InChI is InChI=1S/C22H27N3O5/c1-7-24-13(2)10-16(14(24)3)17(26)12-25-20(27)22(4,23-21(25)28)15-8-9-18(29-5)19(11-15)30-6/h8-11H,7,12H2,1-6H3,(H,23,28)/t22-/m0/s1. The Labute approximate surface area is 175 Å². The summed E-state index contributed by atoms with van der Waals surface area (Å²) in [5, 5.41) is 2.72. The molecule has 0 saturated carbocycles. The van der Waals surface area contributed by atoms with Crippen molar-refractivity contribution in [1.82, 2.24) is 14.8 Å². The predicted octanol–water partition coefficient (Wildman–Crippen LogP) is 2.79. The molecule has 1 aliphatic rings. The van der Waals surface area contributed by atoms with Crippen LogP contribution in [0.1, 0.15) is 41.2 Å². The van der Waals surface area contributed by atoms with Gasteiger partial charge in [-0.05, 0) is 51.5 Å². The van der Waals surface area contributed by atoms with Crippen LogP contribution in [0, 0.1) is 13.8 Å². The zero-order valence-corrected chi connectivity index (χ0v) is 18.2. The summed E-state index contributed by atoms with van der Waals surface area (Å²) in [5.41, 5.74) is 1.55. The van der Waals surface area contributed by atoms with E-state index in [1.54, 1.807) is 31.2 Å². The maximum Gasteiger partial charge on any atom is 0.325 e. The number of carbonyl (C=O) groups excluding carboxylic acids is 3. The third-order valence-corrected chi connectivity index (χ3v) is 5.73. The number of methoxy groups -OCH3 is 2. The van der Waals surface area contributed by atoms with E-state index in [-0.39, 0.29) is 12.3 Å². The van der Waals surface area contributed by atoms with Crippen LogP contribution in [-0.2, 0) is 16.9 Å². The number of nitrogens with one attached hydrogen (secondary N) is 1. The fraction of sp³-hybridized carbons (Fsp3) is 0.409. The highest BCUT2D eigenvalue weighted by Crippen LogP contribution is 2.35. The molecule has 0 spiro atoms. The Balaban J connectivity index is 1.88. The summed E-state index contributed by atoms with van der Waals surface area (Å²) in [6.07, 6.45) is 0. The predicted molar refractivity (Wildman–Crippen MR) is 111 cm³/mol. The van der Waals surface area contributed by atoms with Crippen LogP contribution in [0.3, 0.4) is 0 Å². The van der Waals surface area contributed by atoms with Crippen molar-refractivity contribution >= 4 is 17.7 Å². The average Bonchev–Trinajstić information content (AvgIpc) is 3.14. The third kappa shape index (κ3) is 3.32. The number of ketones is 1.